The van der Waals surface area contributed by atoms with Crippen LogP contribution in [0.15, 0.2) is 9.98 Å². The highest BCUT2D eigenvalue weighted by molar-refractivity contribution is 5.81. The van der Waals surface area contributed by atoms with Crippen molar-refractivity contribution in [3.8, 4) is 0 Å². The highest BCUT2D eigenvalue weighted by atomic mass is 14.7. The van der Waals surface area contributed by atoms with E-state index in [4.69, 9.17) is 0 Å². The van der Waals surface area contributed by atoms with Crippen molar-refractivity contribution < 1.29 is 0 Å². The van der Waals surface area contributed by atoms with E-state index in [9.17, 15) is 0 Å². The normalized spacial score (nSPS) is 10.0. The van der Waals surface area contributed by atoms with Gasteiger partial charge >= 0.3 is 0 Å². The van der Waals surface area contributed by atoms with Crippen LogP contribution < -0.4 is 0 Å². The molecule has 0 aliphatic heterocycles. The van der Waals surface area contributed by atoms with Gasteiger partial charge in [-0.3, -0.25) is 9.98 Å². The van der Waals surface area contributed by atoms with Crippen LogP contribution in [-0.4, -0.2) is 25.0 Å². The quantitative estimate of drug-likeness (QED) is 0.569. The lowest BCUT2D eigenvalue weighted by Gasteiger charge is -1.84. The van der Waals surface area contributed by atoms with Gasteiger partial charge in [-0.2, -0.15) is 0 Å². The summed E-state index contributed by atoms with van der Waals surface area (Å²) in [5, 5.41) is 0. The third-order valence-corrected chi connectivity index (χ3v) is 1.37. The van der Waals surface area contributed by atoms with E-state index in [0.29, 0.717) is 0 Å². The zero-order valence-electron chi connectivity index (χ0n) is 9.31. The highest BCUT2D eigenvalue weighted by Gasteiger charge is 1.75. The van der Waals surface area contributed by atoms with Crippen molar-refractivity contribution in [2.75, 3.05) is 13.6 Å². The molecule has 0 aromatic heterocycles. The number of rotatable bonds is 2. The number of hydrogen-bond acceptors (Lipinski definition) is 2. The van der Waals surface area contributed by atoms with Gasteiger partial charge in [-0.15, -0.1) is 0 Å². The molecular formula is C10H22N2. The molecule has 0 fully saturated rings. The van der Waals surface area contributed by atoms with E-state index in [-0.39, 0.29) is 0 Å². The maximum Gasteiger partial charge on any atom is 0.0360 e. The Balaban J connectivity index is 0. The van der Waals surface area contributed by atoms with Gasteiger partial charge in [-0.1, -0.05) is 6.92 Å². The summed E-state index contributed by atoms with van der Waals surface area (Å²) in [6.45, 7) is 11.1. The van der Waals surface area contributed by atoms with Crippen LogP contribution in [0, 0.1) is 0 Å². The second-order valence-electron chi connectivity index (χ2n) is 2.73. The van der Waals surface area contributed by atoms with E-state index >= 15 is 0 Å². The Hall–Kier alpha value is -0.660. The largest absolute Gasteiger partial charge is 0.298 e. The lowest BCUT2D eigenvalue weighted by atomic mass is 10.3. The van der Waals surface area contributed by atoms with Gasteiger partial charge in [0.15, 0.2) is 0 Å². The molecule has 0 aromatic carbocycles. The lowest BCUT2D eigenvalue weighted by molar-refractivity contribution is 1.12. The van der Waals surface area contributed by atoms with Crippen LogP contribution in [0.4, 0.5) is 0 Å². The van der Waals surface area contributed by atoms with Crippen LogP contribution in [0.5, 0.6) is 0 Å². The van der Waals surface area contributed by atoms with E-state index in [1.54, 1.807) is 0 Å². The molecule has 0 saturated carbocycles. The summed E-state index contributed by atoms with van der Waals surface area (Å²) in [5.74, 6) is 0. The predicted octanol–water partition coefficient (Wildman–Crippen LogP) is 2.97. The first-order valence-corrected chi connectivity index (χ1v) is 4.48. The SMILES string of the molecule is CCC(C)=NC.CCN=C(C)C. The Morgan fingerprint density at radius 3 is 1.58 bits per heavy atom. The molecular weight excluding hydrogens is 148 g/mol. The minimum Gasteiger partial charge on any atom is -0.298 e. The summed E-state index contributed by atoms with van der Waals surface area (Å²) in [7, 11) is 1.82. The van der Waals surface area contributed by atoms with Gasteiger partial charge < -0.3 is 0 Å². The first-order valence-electron chi connectivity index (χ1n) is 4.48. The van der Waals surface area contributed by atoms with Gasteiger partial charge in [0.05, 0.1) is 0 Å². The molecule has 2 nitrogen and oxygen atoms in total. The second-order valence-corrected chi connectivity index (χ2v) is 2.73. The molecule has 0 heterocycles. The number of aliphatic imine (C=N–C) groups is 2. The predicted molar refractivity (Wildman–Crippen MR) is 58.6 cm³/mol. The van der Waals surface area contributed by atoms with Crippen molar-refractivity contribution in [2.24, 2.45) is 9.98 Å². The molecule has 0 aromatic rings. The molecule has 0 bridgehead atoms. The van der Waals surface area contributed by atoms with E-state index in [1.165, 1.54) is 5.71 Å². The third kappa shape index (κ3) is 16.2. The number of nitrogens with zero attached hydrogens (tertiary/aromatic N) is 2. The highest BCUT2D eigenvalue weighted by Crippen LogP contribution is 1.78. The molecule has 0 aliphatic rings. The van der Waals surface area contributed by atoms with Crippen molar-refractivity contribution in [3.05, 3.63) is 0 Å². The maximum atomic E-state index is 4.04. The Bertz CT molecular complexity index is 142. The van der Waals surface area contributed by atoms with Crippen molar-refractivity contribution >= 4 is 11.4 Å². The summed E-state index contributed by atoms with van der Waals surface area (Å²) in [4.78, 5) is 7.97. The molecule has 2 heteroatoms. The summed E-state index contributed by atoms with van der Waals surface area (Å²) in [6.07, 6.45) is 1.08. The average molecular weight is 170 g/mol. The molecule has 0 amide bonds. The molecule has 0 N–H and O–H groups in total. The van der Waals surface area contributed by atoms with Crippen molar-refractivity contribution in [2.45, 2.75) is 41.0 Å². The Morgan fingerprint density at radius 2 is 1.58 bits per heavy atom. The summed E-state index contributed by atoms with van der Waals surface area (Å²) in [5.41, 5.74) is 2.38. The smallest absolute Gasteiger partial charge is 0.0360 e. The van der Waals surface area contributed by atoms with E-state index in [2.05, 4.69) is 16.9 Å². The fraction of sp³-hybridized carbons (Fsp3) is 0.800. The molecule has 0 unspecified atom stereocenters. The fourth-order valence-corrected chi connectivity index (χ4v) is 0.474. The fourth-order valence-electron chi connectivity index (χ4n) is 0.474. The Labute approximate surface area is 76.8 Å². The van der Waals surface area contributed by atoms with E-state index in [0.717, 1.165) is 18.7 Å². The topological polar surface area (TPSA) is 24.7 Å². The molecule has 72 valence electrons. The van der Waals surface area contributed by atoms with Gasteiger partial charge in [0.2, 0.25) is 0 Å². The zero-order valence-corrected chi connectivity index (χ0v) is 9.31. The first kappa shape index (κ1) is 13.9. The van der Waals surface area contributed by atoms with Crippen LogP contribution in [0.2, 0.25) is 0 Å². The first-order chi connectivity index (χ1) is 5.58. The molecule has 0 radical (unpaired) electrons. The molecule has 0 spiro atoms. The van der Waals surface area contributed by atoms with Crippen LogP contribution in [0.3, 0.4) is 0 Å². The van der Waals surface area contributed by atoms with E-state index < -0.39 is 0 Å². The van der Waals surface area contributed by atoms with Gasteiger partial charge in [-0.25, -0.2) is 0 Å². The van der Waals surface area contributed by atoms with Gasteiger partial charge in [0, 0.05) is 25.0 Å². The Kier molecular flexibility index (Phi) is 12.0. The second kappa shape index (κ2) is 10.3. The van der Waals surface area contributed by atoms with E-state index in [1.807, 2.05) is 34.7 Å². The summed E-state index contributed by atoms with van der Waals surface area (Å²) in [6, 6.07) is 0. The molecule has 0 atom stereocenters. The van der Waals surface area contributed by atoms with Crippen LogP contribution >= 0.6 is 0 Å². The summed E-state index contributed by atoms with van der Waals surface area (Å²) < 4.78 is 0. The van der Waals surface area contributed by atoms with Gasteiger partial charge in [-0.05, 0) is 34.1 Å². The lowest BCUT2D eigenvalue weighted by Crippen LogP contribution is -1.83. The van der Waals surface area contributed by atoms with Crippen molar-refractivity contribution in [3.63, 3.8) is 0 Å². The summed E-state index contributed by atoms with van der Waals surface area (Å²) >= 11 is 0. The zero-order chi connectivity index (χ0) is 9.98. The minimum absolute atomic E-state index is 0.919. The Morgan fingerprint density at radius 1 is 1.08 bits per heavy atom. The third-order valence-electron chi connectivity index (χ3n) is 1.37. The van der Waals surface area contributed by atoms with Crippen LogP contribution in [0.25, 0.3) is 0 Å². The maximum absolute atomic E-state index is 4.04. The van der Waals surface area contributed by atoms with Gasteiger partial charge in [0.25, 0.3) is 0 Å². The minimum atomic E-state index is 0.919. The van der Waals surface area contributed by atoms with Crippen LogP contribution in [0.1, 0.15) is 41.0 Å². The molecule has 0 saturated heterocycles. The van der Waals surface area contributed by atoms with Crippen molar-refractivity contribution in [1.29, 1.82) is 0 Å². The number of hydrogen-bond donors (Lipinski definition) is 0. The molecule has 12 heavy (non-hydrogen) atoms. The van der Waals surface area contributed by atoms with Crippen LogP contribution in [-0.2, 0) is 0 Å². The standard InChI is InChI=1S/2C5H11N/c1-4-5(2)6-3;1-4-6-5(2)3/h2*4H2,1-3H3. The molecule has 0 rings (SSSR count). The monoisotopic (exact) mass is 170 g/mol. The average Bonchev–Trinajstić information content (AvgIpc) is 2.04. The van der Waals surface area contributed by atoms with Gasteiger partial charge in [0.1, 0.15) is 0 Å². The molecule has 0 aliphatic carbocycles. The van der Waals surface area contributed by atoms with Crippen molar-refractivity contribution in [1.82, 2.24) is 0 Å².